The summed E-state index contributed by atoms with van der Waals surface area (Å²) in [5, 5.41) is 0.742. The summed E-state index contributed by atoms with van der Waals surface area (Å²) < 4.78 is 2.21. The van der Waals surface area contributed by atoms with E-state index in [1.807, 2.05) is 6.20 Å². The summed E-state index contributed by atoms with van der Waals surface area (Å²) in [7, 11) is 0. The monoisotopic (exact) mass is 261 g/mol. The molecule has 2 aromatic heterocycles. The highest BCUT2D eigenvalue weighted by atomic mass is 32.2. The summed E-state index contributed by atoms with van der Waals surface area (Å²) >= 11 is 2.10. The highest BCUT2D eigenvalue weighted by Crippen LogP contribution is 2.27. The summed E-state index contributed by atoms with van der Waals surface area (Å²) in [4.78, 5) is 4.57. The van der Waals surface area contributed by atoms with Gasteiger partial charge in [-0.1, -0.05) is 12.5 Å². The number of thioether (sulfide) groups is 1. The van der Waals surface area contributed by atoms with Crippen molar-refractivity contribution >= 4 is 17.3 Å². The van der Waals surface area contributed by atoms with Crippen LogP contribution in [0.25, 0.3) is 5.52 Å². The third-order valence-electron chi connectivity index (χ3n) is 3.59. The van der Waals surface area contributed by atoms with Gasteiger partial charge in [-0.2, -0.15) is 11.8 Å². The quantitative estimate of drug-likeness (QED) is 0.923. The fraction of sp³-hybridized carbons (Fsp3) is 0.500. The minimum atomic E-state index is 0.589. The summed E-state index contributed by atoms with van der Waals surface area (Å²) in [5.41, 5.74) is 8.04. The molecule has 96 valence electrons. The standard InChI is InChI=1S/C14H19N3S/c15-8-11-4-5-12-9-16-14(17(12)10-11)7-13-3-1-2-6-18-13/h4-5,9-10,13H,1-3,6-8,15H2. The van der Waals surface area contributed by atoms with Gasteiger partial charge in [0.05, 0.1) is 11.7 Å². The van der Waals surface area contributed by atoms with Crippen molar-refractivity contribution in [2.75, 3.05) is 5.75 Å². The van der Waals surface area contributed by atoms with Crippen LogP contribution in [0.2, 0.25) is 0 Å². The molecular formula is C14H19N3S. The Kier molecular flexibility index (Phi) is 3.57. The fourth-order valence-electron chi connectivity index (χ4n) is 2.53. The number of rotatable bonds is 3. The SMILES string of the molecule is NCc1ccc2cnc(CC3CCCCS3)n2c1. The Morgan fingerprint density at radius 3 is 3.11 bits per heavy atom. The van der Waals surface area contributed by atoms with Gasteiger partial charge in [0.25, 0.3) is 0 Å². The minimum absolute atomic E-state index is 0.589. The van der Waals surface area contributed by atoms with Crippen molar-refractivity contribution < 1.29 is 0 Å². The van der Waals surface area contributed by atoms with Crippen LogP contribution in [0.1, 0.15) is 30.7 Å². The molecule has 1 unspecified atom stereocenters. The smallest absolute Gasteiger partial charge is 0.114 e. The van der Waals surface area contributed by atoms with Gasteiger partial charge >= 0.3 is 0 Å². The van der Waals surface area contributed by atoms with Gasteiger partial charge in [-0.15, -0.1) is 0 Å². The lowest BCUT2D eigenvalue weighted by molar-refractivity contribution is 0.646. The molecule has 0 aliphatic carbocycles. The molecule has 1 saturated heterocycles. The zero-order valence-corrected chi connectivity index (χ0v) is 11.3. The summed E-state index contributed by atoms with van der Waals surface area (Å²) in [6.07, 6.45) is 9.24. The van der Waals surface area contributed by atoms with Crippen molar-refractivity contribution in [3.63, 3.8) is 0 Å². The van der Waals surface area contributed by atoms with Gasteiger partial charge in [0.2, 0.25) is 0 Å². The molecule has 3 heterocycles. The van der Waals surface area contributed by atoms with Crippen molar-refractivity contribution in [2.24, 2.45) is 5.73 Å². The molecule has 1 aliphatic rings. The largest absolute Gasteiger partial charge is 0.326 e. The lowest BCUT2D eigenvalue weighted by Crippen LogP contribution is -2.14. The maximum atomic E-state index is 5.71. The first-order valence-corrected chi connectivity index (χ1v) is 7.68. The van der Waals surface area contributed by atoms with Gasteiger partial charge in [0.1, 0.15) is 5.82 Å². The Balaban J connectivity index is 1.86. The maximum Gasteiger partial charge on any atom is 0.114 e. The molecule has 1 fully saturated rings. The Morgan fingerprint density at radius 2 is 2.33 bits per heavy atom. The van der Waals surface area contributed by atoms with Crippen molar-refractivity contribution in [1.82, 2.24) is 9.38 Å². The van der Waals surface area contributed by atoms with Crippen molar-refractivity contribution in [3.05, 3.63) is 35.9 Å². The number of imidazole rings is 1. The fourth-order valence-corrected chi connectivity index (χ4v) is 3.84. The number of aromatic nitrogens is 2. The van der Waals surface area contributed by atoms with Gasteiger partial charge < -0.3 is 10.1 Å². The van der Waals surface area contributed by atoms with Crippen LogP contribution in [-0.2, 0) is 13.0 Å². The predicted molar refractivity (Wildman–Crippen MR) is 76.9 cm³/mol. The zero-order chi connectivity index (χ0) is 12.4. The van der Waals surface area contributed by atoms with Crippen LogP contribution in [0.4, 0.5) is 0 Å². The van der Waals surface area contributed by atoms with E-state index in [1.54, 1.807) is 0 Å². The van der Waals surface area contributed by atoms with E-state index < -0.39 is 0 Å². The van der Waals surface area contributed by atoms with E-state index in [4.69, 9.17) is 5.73 Å². The lowest BCUT2D eigenvalue weighted by Gasteiger charge is -2.20. The van der Waals surface area contributed by atoms with Crippen LogP contribution < -0.4 is 5.73 Å². The summed E-state index contributed by atoms with van der Waals surface area (Å²) in [6, 6.07) is 4.18. The van der Waals surface area contributed by atoms with E-state index >= 15 is 0 Å². The molecule has 1 aliphatic heterocycles. The Hall–Kier alpha value is -1.00. The van der Waals surface area contributed by atoms with Crippen LogP contribution in [-0.4, -0.2) is 20.4 Å². The Bertz CT molecular complexity index is 529. The Labute approximate surface area is 112 Å². The molecule has 0 spiro atoms. The molecule has 2 aromatic rings. The number of fused-ring (bicyclic) bond motifs is 1. The highest BCUT2D eigenvalue weighted by molar-refractivity contribution is 7.99. The lowest BCUT2D eigenvalue weighted by atomic mass is 10.1. The molecule has 0 saturated carbocycles. The van der Waals surface area contributed by atoms with Crippen LogP contribution in [0.5, 0.6) is 0 Å². The average Bonchev–Trinajstić information content (AvgIpc) is 2.82. The van der Waals surface area contributed by atoms with Crippen LogP contribution >= 0.6 is 11.8 Å². The van der Waals surface area contributed by atoms with E-state index in [0.29, 0.717) is 6.54 Å². The first-order valence-electron chi connectivity index (χ1n) is 6.63. The molecule has 0 amide bonds. The molecule has 0 bridgehead atoms. The number of hydrogen-bond donors (Lipinski definition) is 1. The molecule has 18 heavy (non-hydrogen) atoms. The predicted octanol–water partition coefficient (Wildman–Crippen LogP) is 2.62. The van der Waals surface area contributed by atoms with Crippen LogP contribution in [0.3, 0.4) is 0 Å². The van der Waals surface area contributed by atoms with E-state index in [9.17, 15) is 0 Å². The van der Waals surface area contributed by atoms with Gasteiger partial charge in [-0.25, -0.2) is 4.98 Å². The van der Waals surface area contributed by atoms with Crippen LogP contribution in [0, 0.1) is 0 Å². The Morgan fingerprint density at radius 1 is 1.39 bits per heavy atom. The molecule has 0 aromatic carbocycles. The van der Waals surface area contributed by atoms with E-state index in [2.05, 4.69) is 39.5 Å². The van der Waals surface area contributed by atoms with Crippen molar-refractivity contribution in [3.8, 4) is 0 Å². The molecule has 4 heteroatoms. The second kappa shape index (κ2) is 5.33. The first kappa shape index (κ1) is 12.1. The van der Waals surface area contributed by atoms with E-state index in [0.717, 1.165) is 17.2 Å². The first-order chi connectivity index (χ1) is 8.86. The van der Waals surface area contributed by atoms with Gasteiger partial charge in [0, 0.05) is 24.4 Å². The molecule has 1 atom stereocenters. The van der Waals surface area contributed by atoms with Crippen LogP contribution in [0.15, 0.2) is 24.5 Å². The third-order valence-corrected chi connectivity index (χ3v) is 4.98. The van der Waals surface area contributed by atoms with E-state index in [1.165, 1.54) is 36.4 Å². The van der Waals surface area contributed by atoms with Crippen molar-refractivity contribution in [2.45, 2.75) is 37.5 Å². The van der Waals surface area contributed by atoms with Gasteiger partial charge in [-0.3, -0.25) is 0 Å². The normalized spacial score (nSPS) is 20.4. The minimum Gasteiger partial charge on any atom is -0.326 e. The number of hydrogen-bond acceptors (Lipinski definition) is 3. The number of nitrogens with two attached hydrogens (primary N) is 1. The second-order valence-electron chi connectivity index (χ2n) is 4.90. The summed E-state index contributed by atoms with van der Waals surface area (Å²) in [6.45, 7) is 0.589. The molecular weight excluding hydrogens is 242 g/mol. The molecule has 2 N–H and O–H groups in total. The van der Waals surface area contributed by atoms with Gasteiger partial charge in [0.15, 0.2) is 0 Å². The number of nitrogens with zero attached hydrogens (tertiary/aromatic N) is 2. The average molecular weight is 261 g/mol. The highest BCUT2D eigenvalue weighted by Gasteiger charge is 2.16. The summed E-state index contributed by atoms with van der Waals surface area (Å²) in [5.74, 6) is 2.49. The molecule has 3 nitrogen and oxygen atoms in total. The van der Waals surface area contributed by atoms with Crippen molar-refractivity contribution in [1.29, 1.82) is 0 Å². The number of pyridine rings is 1. The van der Waals surface area contributed by atoms with Gasteiger partial charge in [-0.05, 0) is 30.2 Å². The molecule has 3 rings (SSSR count). The zero-order valence-electron chi connectivity index (χ0n) is 10.5. The molecule has 0 radical (unpaired) electrons. The van der Waals surface area contributed by atoms with E-state index in [-0.39, 0.29) is 0 Å². The topological polar surface area (TPSA) is 43.3 Å². The maximum absolute atomic E-state index is 5.71. The second-order valence-corrected chi connectivity index (χ2v) is 6.31. The third kappa shape index (κ3) is 2.40.